The predicted octanol–water partition coefficient (Wildman–Crippen LogP) is 1.22. The Morgan fingerprint density at radius 3 is 2.50 bits per heavy atom. The molecule has 13 heteroatoms. The van der Waals surface area contributed by atoms with Gasteiger partial charge in [-0.3, -0.25) is 4.68 Å². The van der Waals surface area contributed by atoms with Gasteiger partial charge in [0.2, 0.25) is 21.9 Å². The first-order chi connectivity index (χ1) is 15.2. The number of benzene rings is 1. The summed E-state index contributed by atoms with van der Waals surface area (Å²) >= 11 is 0. The van der Waals surface area contributed by atoms with Gasteiger partial charge in [-0.15, -0.1) is 0 Å². The van der Waals surface area contributed by atoms with Crippen molar-refractivity contribution < 1.29 is 17.5 Å². The second-order valence-corrected chi connectivity index (χ2v) is 9.11. The van der Waals surface area contributed by atoms with E-state index in [4.69, 9.17) is 10.5 Å². The van der Waals surface area contributed by atoms with Crippen LogP contribution in [0, 0.1) is 19.7 Å². The molecule has 0 unspecified atom stereocenters. The highest BCUT2D eigenvalue weighted by atomic mass is 32.2. The SMILES string of the molecule is Cc1nn(Cc2nc(N)nc(Nc3ccc(F)cc3)n2)c(C)c1S(=O)(=O)N1CCOCC1. The Hall–Kier alpha value is -3.16. The summed E-state index contributed by atoms with van der Waals surface area (Å²) in [5.74, 6) is 0.103. The van der Waals surface area contributed by atoms with Crippen LogP contribution in [0.4, 0.5) is 22.0 Å². The van der Waals surface area contributed by atoms with Gasteiger partial charge in [0.05, 0.1) is 24.6 Å². The molecule has 1 saturated heterocycles. The van der Waals surface area contributed by atoms with E-state index in [0.717, 1.165) is 0 Å². The summed E-state index contributed by atoms with van der Waals surface area (Å²) < 4.78 is 47.6. The van der Waals surface area contributed by atoms with Crippen molar-refractivity contribution in [1.82, 2.24) is 29.0 Å². The van der Waals surface area contributed by atoms with Gasteiger partial charge in [0.1, 0.15) is 17.3 Å². The summed E-state index contributed by atoms with van der Waals surface area (Å²) in [5, 5.41) is 7.34. The number of rotatable bonds is 6. The Morgan fingerprint density at radius 1 is 1.12 bits per heavy atom. The fourth-order valence-corrected chi connectivity index (χ4v) is 5.27. The summed E-state index contributed by atoms with van der Waals surface area (Å²) in [4.78, 5) is 12.7. The molecular weight excluding hydrogens is 439 g/mol. The number of nitrogens with zero attached hydrogens (tertiary/aromatic N) is 6. The van der Waals surface area contributed by atoms with Crippen molar-refractivity contribution in [3.8, 4) is 0 Å². The normalized spacial score (nSPS) is 15.1. The van der Waals surface area contributed by atoms with Crippen LogP contribution in [-0.4, -0.2) is 63.8 Å². The Morgan fingerprint density at radius 2 is 1.81 bits per heavy atom. The molecule has 0 amide bonds. The van der Waals surface area contributed by atoms with Crippen LogP contribution in [0.1, 0.15) is 17.2 Å². The van der Waals surface area contributed by atoms with Gasteiger partial charge in [0, 0.05) is 18.8 Å². The standard InChI is InChI=1S/C19H23FN8O3S/c1-12-17(32(29,30)27-7-9-31-10-8-27)13(2)28(26-12)11-16-23-18(21)25-19(24-16)22-15-5-3-14(20)4-6-15/h3-6H,7-11H2,1-2H3,(H3,21,22,23,24,25). The van der Waals surface area contributed by atoms with E-state index in [0.29, 0.717) is 49.2 Å². The number of nitrogens with one attached hydrogen (secondary N) is 1. The third-order valence-corrected chi connectivity index (χ3v) is 7.13. The summed E-state index contributed by atoms with van der Waals surface area (Å²) in [6.45, 7) is 4.76. The van der Waals surface area contributed by atoms with Crippen LogP contribution < -0.4 is 11.1 Å². The lowest BCUT2D eigenvalue weighted by atomic mass is 10.3. The van der Waals surface area contributed by atoms with Crippen LogP contribution in [0.15, 0.2) is 29.2 Å². The van der Waals surface area contributed by atoms with Gasteiger partial charge in [-0.2, -0.15) is 24.4 Å². The van der Waals surface area contributed by atoms with E-state index in [-0.39, 0.29) is 29.2 Å². The Kier molecular flexibility index (Phi) is 6.04. The smallest absolute Gasteiger partial charge is 0.246 e. The minimum Gasteiger partial charge on any atom is -0.379 e. The third kappa shape index (κ3) is 4.54. The third-order valence-electron chi connectivity index (χ3n) is 4.97. The quantitative estimate of drug-likeness (QED) is 0.553. The zero-order valence-corrected chi connectivity index (χ0v) is 18.4. The Balaban J connectivity index is 1.60. The van der Waals surface area contributed by atoms with Gasteiger partial charge >= 0.3 is 0 Å². The molecule has 1 aliphatic rings. The number of nitrogens with two attached hydrogens (primary N) is 1. The fourth-order valence-electron chi connectivity index (χ4n) is 3.48. The molecule has 0 spiro atoms. The number of aromatic nitrogens is 5. The van der Waals surface area contributed by atoms with E-state index in [9.17, 15) is 12.8 Å². The molecule has 0 saturated carbocycles. The molecule has 11 nitrogen and oxygen atoms in total. The Bertz CT molecular complexity index is 1220. The van der Waals surface area contributed by atoms with Crippen molar-refractivity contribution in [1.29, 1.82) is 0 Å². The molecule has 1 aromatic carbocycles. The topological polar surface area (TPSA) is 141 Å². The first-order valence-electron chi connectivity index (χ1n) is 9.89. The van der Waals surface area contributed by atoms with Crippen LogP contribution in [0.2, 0.25) is 0 Å². The van der Waals surface area contributed by atoms with Gasteiger partial charge in [-0.1, -0.05) is 0 Å². The number of sulfonamides is 1. The van der Waals surface area contributed by atoms with Gasteiger partial charge < -0.3 is 15.8 Å². The highest BCUT2D eigenvalue weighted by Gasteiger charge is 2.32. The largest absolute Gasteiger partial charge is 0.379 e. The maximum Gasteiger partial charge on any atom is 0.246 e. The summed E-state index contributed by atoms with van der Waals surface area (Å²) in [7, 11) is -3.71. The molecule has 0 bridgehead atoms. The number of morpholine rings is 1. The molecule has 170 valence electrons. The van der Waals surface area contributed by atoms with Crippen molar-refractivity contribution in [2.75, 3.05) is 37.4 Å². The lowest BCUT2D eigenvalue weighted by molar-refractivity contribution is 0.0730. The van der Waals surface area contributed by atoms with E-state index in [2.05, 4.69) is 25.4 Å². The van der Waals surface area contributed by atoms with E-state index >= 15 is 0 Å². The number of aryl methyl sites for hydroxylation is 1. The number of hydrogen-bond donors (Lipinski definition) is 2. The molecular formula is C19H23FN8O3S. The number of nitrogen functional groups attached to an aromatic ring is 1. The lowest BCUT2D eigenvalue weighted by Gasteiger charge is -2.26. The monoisotopic (exact) mass is 462 g/mol. The highest BCUT2D eigenvalue weighted by Crippen LogP contribution is 2.25. The molecule has 1 fully saturated rings. The number of hydrogen-bond acceptors (Lipinski definition) is 9. The van der Waals surface area contributed by atoms with Crippen molar-refractivity contribution in [2.24, 2.45) is 0 Å². The van der Waals surface area contributed by atoms with Gasteiger partial charge in [-0.25, -0.2) is 12.8 Å². The highest BCUT2D eigenvalue weighted by molar-refractivity contribution is 7.89. The zero-order valence-electron chi connectivity index (χ0n) is 17.6. The van der Waals surface area contributed by atoms with Crippen LogP contribution in [0.5, 0.6) is 0 Å². The average molecular weight is 463 g/mol. The summed E-state index contributed by atoms with van der Waals surface area (Å²) in [6, 6.07) is 5.69. The van der Waals surface area contributed by atoms with Crippen molar-refractivity contribution in [3.63, 3.8) is 0 Å². The second-order valence-electron chi connectivity index (χ2n) is 7.24. The molecule has 0 atom stereocenters. The minimum atomic E-state index is -3.71. The van der Waals surface area contributed by atoms with Gasteiger partial charge in [0.15, 0.2) is 5.82 Å². The zero-order chi connectivity index (χ0) is 22.9. The summed E-state index contributed by atoms with van der Waals surface area (Å²) in [6.07, 6.45) is 0. The van der Waals surface area contributed by atoms with Crippen molar-refractivity contribution in [2.45, 2.75) is 25.3 Å². The average Bonchev–Trinajstić information content (AvgIpc) is 3.03. The maximum absolute atomic E-state index is 13.1. The van der Waals surface area contributed by atoms with Crippen LogP contribution in [0.3, 0.4) is 0 Å². The number of anilines is 3. The fraction of sp³-hybridized carbons (Fsp3) is 0.368. The van der Waals surface area contributed by atoms with Crippen molar-refractivity contribution >= 4 is 27.6 Å². The van der Waals surface area contributed by atoms with E-state index in [1.807, 2.05) is 0 Å². The first-order valence-corrected chi connectivity index (χ1v) is 11.3. The molecule has 3 heterocycles. The van der Waals surface area contributed by atoms with Crippen LogP contribution in [0.25, 0.3) is 0 Å². The molecule has 2 aromatic heterocycles. The predicted molar refractivity (Wildman–Crippen MR) is 114 cm³/mol. The Labute approximate surface area is 184 Å². The molecule has 0 radical (unpaired) electrons. The molecule has 3 aromatic rings. The number of halogens is 1. The van der Waals surface area contributed by atoms with Gasteiger partial charge in [-0.05, 0) is 38.1 Å². The molecule has 32 heavy (non-hydrogen) atoms. The first kappa shape index (κ1) is 22.0. The maximum atomic E-state index is 13.1. The van der Waals surface area contributed by atoms with E-state index in [1.54, 1.807) is 26.0 Å². The molecule has 1 aliphatic heterocycles. The van der Waals surface area contributed by atoms with Crippen molar-refractivity contribution in [3.05, 3.63) is 47.3 Å². The molecule has 4 rings (SSSR count). The van der Waals surface area contributed by atoms with Crippen LogP contribution >= 0.6 is 0 Å². The van der Waals surface area contributed by atoms with Gasteiger partial charge in [0.25, 0.3) is 0 Å². The van der Waals surface area contributed by atoms with Crippen LogP contribution in [-0.2, 0) is 21.3 Å². The number of ether oxygens (including phenoxy) is 1. The molecule has 0 aliphatic carbocycles. The lowest BCUT2D eigenvalue weighted by Crippen LogP contribution is -2.41. The van der Waals surface area contributed by atoms with E-state index in [1.165, 1.54) is 21.1 Å². The molecule has 3 N–H and O–H groups in total. The summed E-state index contributed by atoms with van der Waals surface area (Å²) in [5.41, 5.74) is 7.26. The minimum absolute atomic E-state index is 0.0118. The second kappa shape index (κ2) is 8.76. The van der Waals surface area contributed by atoms with E-state index < -0.39 is 10.0 Å².